The van der Waals surface area contributed by atoms with E-state index in [9.17, 15) is 4.21 Å². The average Bonchev–Trinajstić information content (AvgIpc) is 3.41. The van der Waals surface area contributed by atoms with Crippen LogP contribution in [0.3, 0.4) is 0 Å². The summed E-state index contributed by atoms with van der Waals surface area (Å²) in [6.45, 7) is 0. The van der Waals surface area contributed by atoms with Crippen LogP contribution in [-0.4, -0.2) is 43.0 Å². The van der Waals surface area contributed by atoms with Gasteiger partial charge in [0.2, 0.25) is 0 Å². The summed E-state index contributed by atoms with van der Waals surface area (Å²) in [5, 5.41) is 8.28. The van der Waals surface area contributed by atoms with E-state index >= 15 is 0 Å². The molecule has 1 unspecified atom stereocenters. The van der Waals surface area contributed by atoms with Crippen LogP contribution < -0.4 is 19.9 Å². The largest absolute Gasteiger partial charge is 0.493 e. The number of aryl methyl sites for hydroxylation is 2. The van der Waals surface area contributed by atoms with Crippen molar-refractivity contribution in [3.8, 4) is 33.9 Å². The number of anilines is 2. The van der Waals surface area contributed by atoms with E-state index in [0.717, 1.165) is 16.8 Å². The van der Waals surface area contributed by atoms with Crippen LogP contribution in [0.2, 0.25) is 0 Å². The number of hydrogen-bond donors (Lipinski definition) is 2. The van der Waals surface area contributed by atoms with Crippen LogP contribution in [-0.2, 0) is 25.1 Å². The monoisotopic (exact) mass is 453 g/mol. The molecule has 3 heterocycles. The number of ether oxygens (including phenoxy) is 2. The molecular formula is C21H23N7O3S. The number of nitrogens with two attached hydrogens (primary N) is 1. The second-order valence-corrected chi connectivity index (χ2v) is 8.19. The molecule has 11 heteroatoms. The lowest BCUT2D eigenvalue weighted by Gasteiger charge is -2.17. The fourth-order valence-electron chi connectivity index (χ4n) is 3.35. The Morgan fingerprint density at radius 1 is 1.06 bits per heavy atom. The number of nitrogens with zero attached hydrogens (tertiary/aromatic N) is 5. The van der Waals surface area contributed by atoms with Crippen molar-refractivity contribution in [3.63, 3.8) is 0 Å². The van der Waals surface area contributed by atoms with Crippen LogP contribution in [0.15, 0.2) is 53.9 Å². The van der Waals surface area contributed by atoms with Gasteiger partial charge in [-0.05, 0) is 29.8 Å². The number of aromatic nitrogens is 5. The maximum absolute atomic E-state index is 12.9. The Bertz CT molecular complexity index is 1300. The minimum Gasteiger partial charge on any atom is -0.493 e. The highest BCUT2D eigenvalue weighted by Crippen LogP contribution is 2.42. The fourth-order valence-corrected chi connectivity index (χ4v) is 4.21. The first-order valence-corrected chi connectivity index (χ1v) is 10.7. The molecule has 0 fully saturated rings. The standard InChI is InChI=1S/C21H23N7O3S/c1-27-12-15(11-25-27)32(29)26-17-8-13(9-19(30-3)20(17)31-4)16-7-14(10-23-21(16)22)18-5-6-24-28(18)2/h5-12,26H,1-4H3,(H2,22,23). The summed E-state index contributed by atoms with van der Waals surface area (Å²) in [5.41, 5.74) is 9.88. The molecule has 0 aliphatic heterocycles. The maximum atomic E-state index is 12.9. The molecule has 3 aromatic heterocycles. The van der Waals surface area contributed by atoms with Gasteiger partial charge in [0.15, 0.2) is 22.5 Å². The molecule has 1 aromatic carbocycles. The second-order valence-electron chi connectivity index (χ2n) is 6.98. The lowest BCUT2D eigenvalue weighted by Crippen LogP contribution is -2.07. The molecule has 166 valence electrons. The number of hydrogen-bond acceptors (Lipinski definition) is 7. The second kappa shape index (κ2) is 8.71. The van der Waals surface area contributed by atoms with Crippen LogP contribution in [0.1, 0.15) is 0 Å². The van der Waals surface area contributed by atoms with Gasteiger partial charge in [0.25, 0.3) is 0 Å². The summed E-state index contributed by atoms with van der Waals surface area (Å²) >= 11 is 0. The Morgan fingerprint density at radius 2 is 1.88 bits per heavy atom. The van der Waals surface area contributed by atoms with E-state index in [4.69, 9.17) is 15.2 Å². The topological polar surface area (TPSA) is 122 Å². The maximum Gasteiger partial charge on any atom is 0.184 e. The van der Waals surface area contributed by atoms with Crippen molar-refractivity contribution in [2.75, 3.05) is 24.7 Å². The molecule has 0 aliphatic carbocycles. The normalized spacial score (nSPS) is 11.9. The molecule has 0 saturated carbocycles. The first-order valence-electron chi connectivity index (χ1n) is 9.58. The molecule has 3 N–H and O–H groups in total. The molecule has 0 radical (unpaired) electrons. The fraction of sp³-hybridized carbons (Fsp3) is 0.190. The van der Waals surface area contributed by atoms with Gasteiger partial charge < -0.3 is 15.2 Å². The highest BCUT2D eigenvalue weighted by atomic mass is 32.2. The van der Waals surface area contributed by atoms with Crippen LogP contribution in [0.4, 0.5) is 11.5 Å². The molecule has 1 atom stereocenters. The number of benzene rings is 1. The predicted octanol–water partition coefficient (Wildman–Crippen LogP) is 2.62. The van der Waals surface area contributed by atoms with Gasteiger partial charge in [-0.3, -0.25) is 14.1 Å². The number of nitrogen functional groups attached to an aromatic ring is 1. The quantitative estimate of drug-likeness (QED) is 0.441. The van der Waals surface area contributed by atoms with E-state index in [1.165, 1.54) is 20.4 Å². The lowest BCUT2D eigenvalue weighted by molar-refractivity contribution is 0.356. The van der Waals surface area contributed by atoms with Crippen LogP contribution >= 0.6 is 0 Å². The zero-order valence-electron chi connectivity index (χ0n) is 18.1. The number of pyridine rings is 1. The van der Waals surface area contributed by atoms with Gasteiger partial charge in [-0.15, -0.1) is 0 Å². The number of methoxy groups -OCH3 is 2. The Kier molecular flexibility index (Phi) is 5.82. The first-order chi connectivity index (χ1) is 15.4. The third kappa shape index (κ3) is 4.02. The van der Waals surface area contributed by atoms with E-state index in [1.54, 1.807) is 47.1 Å². The molecule has 4 aromatic rings. The molecule has 4 rings (SSSR count). The molecule has 0 spiro atoms. The van der Waals surface area contributed by atoms with Gasteiger partial charge in [0.05, 0.1) is 36.7 Å². The van der Waals surface area contributed by atoms with Crippen LogP contribution in [0, 0.1) is 0 Å². The van der Waals surface area contributed by atoms with E-state index < -0.39 is 11.0 Å². The van der Waals surface area contributed by atoms with Gasteiger partial charge in [0, 0.05) is 43.8 Å². The zero-order valence-corrected chi connectivity index (χ0v) is 18.9. The highest BCUT2D eigenvalue weighted by Gasteiger charge is 2.18. The summed E-state index contributed by atoms with van der Waals surface area (Å²) < 4.78 is 30.3. The molecule has 32 heavy (non-hydrogen) atoms. The smallest absolute Gasteiger partial charge is 0.184 e. The number of rotatable bonds is 7. The van der Waals surface area contributed by atoms with Crippen molar-refractivity contribution < 1.29 is 13.7 Å². The van der Waals surface area contributed by atoms with Crippen molar-refractivity contribution in [1.29, 1.82) is 0 Å². The van der Waals surface area contributed by atoms with Crippen LogP contribution in [0.5, 0.6) is 11.5 Å². The van der Waals surface area contributed by atoms with Gasteiger partial charge in [0.1, 0.15) is 5.82 Å². The summed E-state index contributed by atoms with van der Waals surface area (Å²) in [7, 11) is 5.12. The minimum absolute atomic E-state index is 0.350. The van der Waals surface area contributed by atoms with Gasteiger partial charge in [-0.25, -0.2) is 9.19 Å². The Hall–Kier alpha value is -3.86. The zero-order chi connectivity index (χ0) is 22.8. The van der Waals surface area contributed by atoms with Crippen molar-refractivity contribution in [2.45, 2.75) is 4.90 Å². The molecular weight excluding hydrogens is 430 g/mol. The molecule has 10 nitrogen and oxygen atoms in total. The van der Waals surface area contributed by atoms with E-state index in [1.807, 2.05) is 19.2 Å². The Morgan fingerprint density at radius 3 is 2.50 bits per heavy atom. The van der Waals surface area contributed by atoms with Crippen LogP contribution in [0.25, 0.3) is 22.4 Å². The molecule has 0 aliphatic rings. The van der Waals surface area contributed by atoms with E-state index in [-0.39, 0.29) is 0 Å². The molecule has 0 bridgehead atoms. The van der Waals surface area contributed by atoms with Crippen molar-refractivity contribution in [2.24, 2.45) is 14.1 Å². The molecule has 0 amide bonds. The third-order valence-electron chi connectivity index (χ3n) is 4.92. The Labute approximate surface area is 187 Å². The predicted molar refractivity (Wildman–Crippen MR) is 123 cm³/mol. The highest BCUT2D eigenvalue weighted by molar-refractivity contribution is 7.86. The van der Waals surface area contributed by atoms with Gasteiger partial charge >= 0.3 is 0 Å². The Balaban J connectivity index is 1.81. The SMILES string of the molecule is COc1cc(-c2cc(-c3ccnn3C)cnc2N)cc(NS(=O)c2cnn(C)c2)c1OC. The van der Waals surface area contributed by atoms with Crippen molar-refractivity contribution in [1.82, 2.24) is 24.5 Å². The lowest BCUT2D eigenvalue weighted by atomic mass is 10.0. The summed E-state index contributed by atoms with van der Waals surface area (Å²) in [6, 6.07) is 7.44. The summed E-state index contributed by atoms with van der Waals surface area (Å²) in [5.74, 6) is 1.23. The average molecular weight is 454 g/mol. The minimum atomic E-state index is -1.56. The van der Waals surface area contributed by atoms with Gasteiger partial charge in [-0.2, -0.15) is 10.2 Å². The van der Waals surface area contributed by atoms with Crippen molar-refractivity contribution >= 4 is 22.5 Å². The third-order valence-corrected chi connectivity index (χ3v) is 5.97. The van der Waals surface area contributed by atoms with Crippen molar-refractivity contribution in [3.05, 3.63) is 49.1 Å². The van der Waals surface area contributed by atoms with E-state index in [0.29, 0.717) is 33.5 Å². The molecule has 0 saturated heterocycles. The van der Waals surface area contributed by atoms with E-state index in [2.05, 4.69) is 19.9 Å². The number of nitrogens with one attached hydrogen (secondary N) is 1. The van der Waals surface area contributed by atoms with Gasteiger partial charge in [-0.1, -0.05) is 0 Å². The first kappa shape index (κ1) is 21.4. The summed E-state index contributed by atoms with van der Waals surface area (Å²) in [4.78, 5) is 4.89. The summed E-state index contributed by atoms with van der Waals surface area (Å²) in [6.07, 6.45) is 6.64.